The molecule has 0 aromatic heterocycles. The van der Waals surface area contributed by atoms with Gasteiger partial charge in [-0.1, -0.05) is 42.0 Å². The standard InChI is InChI=1S/C15H20O3/c16-12-4-7-14(10-11-15(17)18)9-8-13-5-2-1-3-6-13/h1-3,5-7,16H,4,8-12H2,(H,17,18)/b14-7-. The molecule has 98 valence electrons. The van der Waals surface area contributed by atoms with E-state index in [1.165, 1.54) is 5.56 Å². The van der Waals surface area contributed by atoms with Crippen molar-refractivity contribution in [2.24, 2.45) is 0 Å². The van der Waals surface area contributed by atoms with Gasteiger partial charge < -0.3 is 10.2 Å². The first-order valence-electron chi connectivity index (χ1n) is 6.27. The topological polar surface area (TPSA) is 57.5 Å². The van der Waals surface area contributed by atoms with E-state index in [0.717, 1.165) is 18.4 Å². The molecule has 1 rings (SSSR count). The number of allylic oxidation sites excluding steroid dienone is 1. The van der Waals surface area contributed by atoms with Gasteiger partial charge in [0, 0.05) is 13.0 Å². The lowest BCUT2D eigenvalue weighted by molar-refractivity contribution is -0.136. The molecule has 0 saturated heterocycles. The van der Waals surface area contributed by atoms with Crippen molar-refractivity contribution in [3.8, 4) is 0 Å². The summed E-state index contributed by atoms with van der Waals surface area (Å²) >= 11 is 0. The highest BCUT2D eigenvalue weighted by Gasteiger charge is 2.03. The predicted octanol–water partition coefficient (Wildman–Crippen LogP) is 2.79. The Labute approximate surface area is 108 Å². The van der Waals surface area contributed by atoms with Gasteiger partial charge in [0.05, 0.1) is 0 Å². The van der Waals surface area contributed by atoms with Crippen LogP contribution in [0.15, 0.2) is 42.0 Å². The maximum atomic E-state index is 10.6. The van der Waals surface area contributed by atoms with Crippen molar-refractivity contribution >= 4 is 5.97 Å². The number of hydrogen-bond donors (Lipinski definition) is 2. The number of benzene rings is 1. The predicted molar refractivity (Wildman–Crippen MR) is 71.4 cm³/mol. The van der Waals surface area contributed by atoms with Crippen LogP contribution in [0.4, 0.5) is 0 Å². The van der Waals surface area contributed by atoms with Crippen molar-refractivity contribution in [2.75, 3.05) is 6.61 Å². The van der Waals surface area contributed by atoms with Gasteiger partial charge in [-0.25, -0.2) is 0 Å². The first-order valence-corrected chi connectivity index (χ1v) is 6.27. The van der Waals surface area contributed by atoms with Crippen LogP contribution < -0.4 is 0 Å². The minimum atomic E-state index is -0.774. The lowest BCUT2D eigenvalue weighted by atomic mass is 10.00. The van der Waals surface area contributed by atoms with Crippen molar-refractivity contribution in [1.29, 1.82) is 0 Å². The van der Waals surface area contributed by atoms with Crippen molar-refractivity contribution in [1.82, 2.24) is 0 Å². The Morgan fingerprint density at radius 2 is 1.83 bits per heavy atom. The summed E-state index contributed by atoms with van der Waals surface area (Å²) in [5, 5.41) is 17.5. The van der Waals surface area contributed by atoms with Crippen molar-refractivity contribution in [3.05, 3.63) is 47.5 Å². The lowest BCUT2D eigenvalue weighted by Crippen LogP contribution is -1.98. The van der Waals surface area contributed by atoms with E-state index >= 15 is 0 Å². The molecule has 0 amide bonds. The van der Waals surface area contributed by atoms with Gasteiger partial charge in [-0.3, -0.25) is 4.79 Å². The van der Waals surface area contributed by atoms with E-state index in [2.05, 4.69) is 12.1 Å². The molecule has 0 unspecified atom stereocenters. The molecular weight excluding hydrogens is 228 g/mol. The summed E-state index contributed by atoms with van der Waals surface area (Å²) in [6.45, 7) is 0.113. The summed E-state index contributed by atoms with van der Waals surface area (Å²) in [6.07, 6.45) is 5.07. The fourth-order valence-corrected chi connectivity index (χ4v) is 1.81. The number of carboxylic acids is 1. The first kappa shape index (κ1) is 14.5. The quantitative estimate of drug-likeness (QED) is 0.695. The Hall–Kier alpha value is -1.61. The van der Waals surface area contributed by atoms with Crippen LogP contribution in [0.25, 0.3) is 0 Å². The van der Waals surface area contributed by atoms with E-state index < -0.39 is 5.97 Å². The van der Waals surface area contributed by atoms with Crippen molar-refractivity contribution in [3.63, 3.8) is 0 Å². The smallest absolute Gasteiger partial charge is 0.303 e. The molecule has 0 aliphatic rings. The minimum absolute atomic E-state index is 0.113. The highest BCUT2D eigenvalue weighted by molar-refractivity contribution is 5.67. The number of aryl methyl sites for hydroxylation is 1. The summed E-state index contributed by atoms with van der Waals surface area (Å²) < 4.78 is 0. The van der Waals surface area contributed by atoms with Crippen molar-refractivity contribution < 1.29 is 15.0 Å². The second-order valence-electron chi connectivity index (χ2n) is 4.25. The molecule has 0 heterocycles. The summed E-state index contributed by atoms with van der Waals surface area (Å²) in [5.41, 5.74) is 2.37. The van der Waals surface area contributed by atoms with Gasteiger partial charge in [-0.2, -0.15) is 0 Å². The Morgan fingerprint density at radius 1 is 1.11 bits per heavy atom. The van der Waals surface area contributed by atoms with Crippen LogP contribution in [0.1, 0.15) is 31.2 Å². The van der Waals surface area contributed by atoms with Gasteiger partial charge in [0.2, 0.25) is 0 Å². The molecule has 0 aliphatic carbocycles. The highest BCUT2D eigenvalue weighted by Crippen LogP contribution is 2.15. The Balaban J connectivity index is 2.48. The molecule has 2 N–H and O–H groups in total. The molecular formula is C15H20O3. The van der Waals surface area contributed by atoms with E-state index in [1.807, 2.05) is 24.3 Å². The zero-order valence-electron chi connectivity index (χ0n) is 10.5. The number of aliphatic hydroxyl groups excluding tert-OH is 1. The van der Waals surface area contributed by atoms with Gasteiger partial charge in [-0.15, -0.1) is 0 Å². The molecule has 0 aliphatic heterocycles. The molecule has 3 heteroatoms. The molecule has 1 aromatic carbocycles. The lowest BCUT2D eigenvalue weighted by Gasteiger charge is -2.06. The highest BCUT2D eigenvalue weighted by atomic mass is 16.4. The molecule has 3 nitrogen and oxygen atoms in total. The first-order chi connectivity index (χ1) is 8.72. The van der Waals surface area contributed by atoms with Gasteiger partial charge in [0.15, 0.2) is 0 Å². The van der Waals surface area contributed by atoms with E-state index in [-0.39, 0.29) is 13.0 Å². The van der Waals surface area contributed by atoms with Crippen LogP contribution in [0.3, 0.4) is 0 Å². The molecule has 0 radical (unpaired) electrons. The molecule has 18 heavy (non-hydrogen) atoms. The SMILES string of the molecule is O=C(O)CC/C(=C\CCO)CCc1ccccc1. The summed E-state index contributed by atoms with van der Waals surface area (Å²) in [5.74, 6) is -0.774. The summed E-state index contributed by atoms with van der Waals surface area (Å²) in [6, 6.07) is 10.1. The molecule has 0 atom stereocenters. The third-order valence-corrected chi connectivity index (χ3v) is 2.80. The maximum Gasteiger partial charge on any atom is 0.303 e. The van der Waals surface area contributed by atoms with Crippen LogP contribution in [0, 0.1) is 0 Å². The molecule has 0 fully saturated rings. The van der Waals surface area contributed by atoms with Crippen LogP contribution in [-0.4, -0.2) is 22.8 Å². The average molecular weight is 248 g/mol. The number of aliphatic carboxylic acids is 1. The zero-order chi connectivity index (χ0) is 13.2. The van der Waals surface area contributed by atoms with Gasteiger partial charge in [-0.05, 0) is 31.2 Å². The number of carbonyl (C=O) groups is 1. The minimum Gasteiger partial charge on any atom is -0.481 e. The van der Waals surface area contributed by atoms with E-state index in [9.17, 15) is 4.79 Å². The molecule has 0 bridgehead atoms. The van der Waals surface area contributed by atoms with Gasteiger partial charge in [0.1, 0.15) is 0 Å². The number of rotatable bonds is 8. The fourth-order valence-electron chi connectivity index (χ4n) is 1.81. The normalized spacial score (nSPS) is 11.5. The Kier molecular flexibility index (Phi) is 6.81. The fraction of sp³-hybridized carbons (Fsp3) is 0.400. The third kappa shape index (κ3) is 6.21. The molecule has 0 saturated carbocycles. The Morgan fingerprint density at radius 3 is 2.44 bits per heavy atom. The Bertz CT molecular complexity index is 382. The third-order valence-electron chi connectivity index (χ3n) is 2.80. The van der Waals surface area contributed by atoms with Gasteiger partial charge in [0.25, 0.3) is 0 Å². The number of carboxylic acid groups (broad SMARTS) is 1. The van der Waals surface area contributed by atoms with E-state index in [4.69, 9.17) is 10.2 Å². The van der Waals surface area contributed by atoms with Crippen LogP contribution in [-0.2, 0) is 11.2 Å². The van der Waals surface area contributed by atoms with E-state index in [0.29, 0.717) is 12.8 Å². The summed E-state index contributed by atoms with van der Waals surface area (Å²) in [4.78, 5) is 10.6. The largest absolute Gasteiger partial charge is 0.481 e. The van der Waals surface area contributed by atoms with E-state index in [1.54, 1.807) is 0 Å². The van der Waals surface area contributed by atoms with Crippen molar-refractivity contribution in [2.45, 2.75) is 32.1 Å². The van der Waals surface area contributed by atoms with Crippen LogP contribution in [0.5, 0.6) is 0 Å². The second-order valence-corrected chi connectivity index (χ2v) is 4.25. The monoisotopic (exact) mass is 248 g/mol. The number of hydrogen-bond acceptors (Lipinski definition) is 2. The van der Waals surface area contributed by atoms with Crippen LogP contribution in [0.2, 0.25) is 0 Å². The average Bonchev–Trinajstić information content (AvgIpc) is 2.39. The maximum absolute atomic E-state index is 10.6. The summed E-state index contributed by atoms with van der Waals surface area (Å²) in [7, 11) is 0. The van der Waals surface area contributed by atoms with Crippen LogP contribution >= 0.6 is 0 Å². The molecule has 1 aromatic rings. The van der Waals surface area contributed by atoms with Gasteiger partial charge >= 0.3 is 5.97 Å². The number of aliphatic hydroxyl groups is 1. The second kappa shape index (κ2) is 8.48. The molecule has 0 spiro atoms. The zero-order valence-corrected chi connectivity index (χ0v) is 10.5.